The number of amides is 2. The number of esters is 1. The van der Waals surface area contributed by atoms with E-state index in [-0.39, 0.29) is 19.6 Å². The first-order valence-corrected chi connectivity index (χ1v) is 9.73. The lowest BCUT2D eigenvalue weighted by Crippen LogP contribution is -2.39. The van der Waals surface area contributed by atoms with Crippen LogP contribution >= 0.6 is 0 Å². The number of benzene rings is 1. The molecule has 0 fully saturated rings. The van der Waals surface area contributed by atoms with Gasteiger partial charge in [-0.1, -0.05) is 0 Å². The van der Waals surface area contributed by atoms with Crippen LogP contribution in [0.4, 0.5) is 10.5 Å². The molecule has 0 aliphatic carbocycles. The van der Waals surface area contributed by atoms with E-state index in [0.29, 0.717) is 11.4 Å². The summed E-state index contributed by atoms with van der Waals surface area (Å²) < 4.78 is 15.8. The van der Waals surface area contributed by atoms with Crippen LogP contribution in [0.1, 0.15) is 48.0 Å². The Balaban J connectivity index is 2.39. The van der Waals surface area contributed by atoms with Crippen molar-refractivity contribution < 1.29 is 28.6 Å². The Hall–Kier alpha value is -2.81. The van der Waals surface area contributed by atoms with Gasteiger partial charge in [0.25, 0.3) is 0 Å². The monoisotopic (exact) mass is 423 g/mol. The fourth-order valence-corrected chi connectivity index (χ4v) is 2.16. The Morgan fingerprint density at radius 2 is 1.53 bits per heavy atom. The van der Waals surface area contributed by atoms with Crippen LogP contribution in [0.2, 0.25) is 0 Å². The van der Waals surface area contributed by atoms with E-state index >= 15 is 0 Å². The Morgan fingerprint density at radius 3 is 2.07 bits per heavy atom. The summed E-state index contributed by atoms with van der Waals surface area (Å²) in [5, 5.41) is 5.23. The van der Waals surface area contributed by atoms with Gasteiger partial charge in [-0.3, -0.25) is 9.59 Å². The maximum Gasteiger partial charge on any atom is 0.407 e. The van der Waals surface area contributed by atoms with E-state index in [9.17, 15) is 14.4 Å². The normalized spacial score (nSPS) is 12.5. The molecule has 0 aromatic heterocycles. The molecule has 1 aromatic rings. The molecule has 1 unspecified atom stereocenters. The minimum atomic E-state index is -1.02. The van der Waals surface area contributed by atoms with Crippen molar-refractivity contribution in [1.82, 2.24) is 5.32 Å². The van der Waals surface area contributed by atoms with Gasteiger partial charge in [-0.05, 0) is 65.8 Å². The molecule has 0 saturated carbocycles. The number of rotatable bonds is 8. The minimum Gasteiger partial charge on any atom is -0.492 e. The van der Waals surface area contributed by atoms with Gasteiger partial charge in [0.1, 0.15) is 23.6 Å². The lowest BCUT2D eigenvalue weighted by atomic mass is 10.1. The summed E-state index contributed by atoms with van der Waals surface area (Å²) in [6.07, 6.45) is -0.721. The third kappa shape index (κ3) is 11.3. The summed E-state index contributed by atoms with van der Waals surface area (Å²) in [5.74, 6) is -0.456. The molecule has 0 heterocycles. The largest absolute Gasteiger partial charge is 0.492 e. The molecule has 0 radical (unpaired) electrons. The molecule has 4 N–H and O–H groups in total. The Labute approximate surface area is 177 Å². The smallest absolute Gasteiger partial charge is 0.407 e. The van der Waals surface area contributed by atoms with Crippen LogP contribution < -0.4 is 21.1 Å². The summed E-state index contributed by atoms with van der Waals surface area (Å²) in [7, 11) is 0. The van der Waals surface area contributed by atoms with E-state index < -0.39 is 35.2 Å². The van der Waals surface area contributed by atoms with Crippen LogP contribution in [0.5, 0.6) is 5.75 Å². The van der Waals surface area contributed by atoms with Crippen molar-refractivity contribution in [1.29, 1.82) is 0 Å². The molecule has 168 valence electrons. The van der Waals surface area contributed by atoms with E-state index in [1.807, 2.05) is 0 Å². The first kappa shape index (κ1) is 25.2. The molecule has 0 aliphatic heterocycles. The molecule has 1 rings (SSSR count). The quantitative estimate of drug-likeness (QED) is 0.433. The SMILES string of the molecule is CC(C)(C)OC(=O)CC(N)C(=O)Nc1ccc(OCCNC(=O)OC(C)(C)C)cc1. The highest BCUT2D eigenvalue weighted by atomic mass is 16.6. The van der Waals surface area contributed by atoms with Crippen LogP contribution in [0.15, 0.2) is 24.3 Å². The summed E-state index contributed by atoms with van der Waals surface area (Å²) in [4.78, 5) is 35.5. The first-order valence-electron chi connectivity index (χ1n) is 9.73. The topological polar surface area (TPSA) is 129 Å². The van der Waals surface area contributed by atoms with Crippen molar-refractivity contribution in [3.63, 3.8) is 0 Å². The fourth-order valence-electron chi connectivity index (χ4n) is 2.16. The summed E-state index contributed by atoms with van der Waals surface area (Å²) in [6.45, 7) is 11.1. The maximum atomic E-state index is 12.1. The van der Waals surface area contributed by atoms with Gasteiger partial charge in [0.2, 0.25) is 5.91 Å². The van der Waals surface area contributed by atoms with E-state index in [4.69, 9.17) is 19.9 Å². The van der Waals surface area contributed by atoms with Crippen molar-refractivity contribution in [2.45, 2.75) is 65.2 Å². The lowest BCUT2D eigenvalue weighted by molar-refractivity contribution is -0.155. The van der Waals surface area contributed by atoms with Crippen molar-refractivity contribution in [2.75, 3.05) is 18.5 Å². The van der Waals surface area contributed by atoms with Gasteiger partial charge >= 0.3 is 12.1 Å². The number of ether oxygens (including phenoxy) is 3. The number of hydrogen-bond donors (Lipinski definition) is 3. The zero-order chi connectivity index (χ0) is 22.9. The summed E-state index contributed by atoms with van der Waals surface area (Å²) >= 11 is 0. The number of carbonyl (C=O) groups is 3. The van der Waals surface area contributed by atoms with Crippen LogP contribution in [0.25, 0.3) is 0 Å². The number of anilines is 1. The Morgan fingerprint density at radius 1 is 0.967 bits per heavy atom. The van der Waals surface area contributed by atoms with Gasteiger partial charge < -0.3 is 30.6 Å². The van der Waals surface area contributed by atoms with Gasteiger partial charge in [-0.2, -0.15) is 0 Å². The van der Waals surface area contributed by atoms with E-state index in [1.165, 1.54) is 0 Å². The molecular weight excluding hydrogens is 390 g/mol. The maximum absolute atomic E-state index is 12.1. The number of hydrogen-bond acceptors (Lipinski definition) is 7. The fraction of sp³-hybridized carbons (Fsp3) is 0.571. The number of alkyl carbamates (subject to hydrolysis) is 1. The first-order chi connectivity index (χ1) is 13.7. The molecule has 0 bridgehead atoms. The highest BCUT2D eigenvalue weighted by Gasteiger charge is 2.22. The average molecular weight is 424 g/mol. The molecule has 1 atom stereocenters. The van der Waals surface area contributed by atoms with Crippen molar-refractivity contribution >= 4 is 23.7 Å². The van der Waals surface area contributed by atoms with Crippen molar-refractivity contribution in [3.05, 3.63) is 24.3 Å². The average Bonchev–Trinajstić information content (AvgIpc) is 2.56. The molecule has 0 aliphatic rings. The zero-order valence-electron chi connectivity index (χ0n) is 18.5. The van der Waals surface area contributed by atoms with Crippen molar-refractivity contribution in [3.8, 4) is 5.75 Å². The van der Waals surface area contributed by atoms with Gasteiger partial charge in [0.05, 0.1) is 19.0 Å². The van der Waals surface area contributed by atoms with Gasteiger partial charge in [-0.25, -0.2) is 4.79 Å². The van der Waals surface area contributed by atoms with E-state index in [2.05, 4.69) is 10.6 Å². The second-order valence-electron chi connectivity index (χ2n) is 8.69. The zero-order valence-corrected chi connectivity index (χ0v) is 18.5. The van der Waals surface area contributed by atoms with E-state index in [1.54, 1.807) is 65.8 Å². The molecule has 1 aromatic carbocycles. The van der Waals surface area contributed by atoms with Crippen LogP contribution in [0, 0.1) is 0 Å². The third-order valence-corrected chi connectivity index (χ3v) is 3.30. The number of nitrogens with two attached hydrogens (primary N) is 1. The molecule has 0 spiro atoms. The number of carbonyl (C=O) groups excluding carboxylic acids is 3. The molecule has 2 amide bonds. The Bertz CT molecular complexity index is 720. The molecule has 0 saturated heterocycles. The highest BCUT2D eigenvalue weighted by molar-refractivity contribution is 5.96. The summed E-state index contributed by atoms with van der Waals surface area (Å²) in [6, 6.07) is 5.61. The molecule has 9 heteroatoms. The predicted molar refractivity (Wildman–Crippen MR) is 113 cm³/mol. The van der Waals surface area contributed by atoms with Crippen LogP contribution in [-0.4, -0.2) is 48.4 Å². The number of nitrogens with one attached hydrogen (secondary N) is 2. The van der Waals surface area contributed by atoms with Gasteiger partial charge in [-0.15, -0.1) is 0 Å². The molecule has 30 heavy (non-hydrogen) atoms. The lowest BCUT2D eigenvalue weighted by Gasteiger charge is -2.20. The second-order valence-corrected chi connectivity index (χ2v) is 8.69. The molecule has 9 nitrogen and oxygen atoms in total. The minimum absolute atomic E-state index is 0.213. The third-order valence-electron chi connectivity index (χ3n) is 3.30. The van der Waals surface area contributed by atoms with Crippen molar-refractivity contribution in [2.24, 2.45) is 5.73 Å². The van der Waals surface area contributed by atoms with E-state index in [0.717, 1.165) is 0 Å². The Kier molecular flexibility index (Phi) is 9.10. The summed E-state index contributed by atoms with van der Waals surface area (Å²) in [5.41, 5.74) is 5.10. The van der Waals surface area contributed by atoms with Gasteiger partial charge in [0.15, 0.2) is 0 Å². The molecular formula is C21H33N3O6. The van der Waals surface area contributed by atoms with Crippen LogP contribution in [-0.2, 0) is 19.1 Å². The highest BCUT2D eigenvalue weighted by Crippen LogP contribution is 2.16. The standard InChI is InChI=1S/C21H33N3O6/c1-20(2,3)29-17(25)13-16(22)18(26)24-14-7-9-15(10-8-14)28-12-11-23-19(27)30-21(4,5)6/h7-10,16H,11-13,22H2,1-6H3,(H,23,27)(H,24,26). The van der Waals surface area contributed by atoms with Crippen LogP contribution in [0.3, 0.4) is 0 Å². The predicted octanol–water partition coefficient (Wildman–Crippen LogP) is 2.59. The van der Waals surface area contributed by atoms with Gasteiger partial charge in [0, 0.05) is 5.69 Å². The second kappa shape index (κ2) is 10.8.